The van der Waals surface area contributed by atoms with Crippen LogP contribution in [0.25, 0.3) is 0 Å². The number of hydrogen-bond acceptors (Lipinski definition) is 5. The van der Waals surface area contributed by atoms with Crippen LogP contribution in [0.2, 0.25) is 0 Å². The number of amides is 2. The highest BCUT2D eigenvalue weighted by molar-refractivity contribution is 6.06. The molecule has 2 aromatic carbocycles. The van der Waals surface area contributed by atoms with Crippen molar-refractivity contribution in [3.63, 3.8) is 0 Å². The molecule has 2 aromatic rings. The van der Waals surface area contributed by atoms with E-state index in [1.165, 1.54) is 12.1 Å². The number of phenols is 2. The molecule has 0 bridgehead atoms. The molecule has 0 atom stereocenters. The molecule has 7 heteroatoms. The summed E-state index contributed by atoms with van der Waals surface area (Å²) < 4.78 is 5.20. The van der Waals surface area contributed by atoms with Gasteiger partial charge in [0.15, 0.2) is 0 Å². The van der Waals surface area contributed by atoms with Gasteiger partial charge in [0.25, 0.3) is 5.91 Å². The van der Waals surface area contributed by atoms with Gasteiger partial charge in [0.05, 0.1) is 0 Å². The van der Waals surface area contributed by atoms with Gasteiger partial charge in [0.1, 0.15) is 22.8 Å². The van der Waals surface area contributed by atoms with Crippen molar-refractivity contribution in [3.05, 3.63) is 47.5 Å². The van der Waals surface area contributed by atoms with Crippen LogP contribution in [0.3, 0.4) is 0 Å². The molecule has 0 spiro atoms. The van der Waals surface area contributed by atoms with Crippen LogP contribution in [0.1, 0.15) is 57.5 Å². The van der Waals surface area contributed by atoms with Crippen molar-refractivity contribution in [3.8, 4) is 11.5 Å². The van der Waals surface area contributed by atoms with Crippen molar-refractivity contribution in [2.45, 2.75) is 52.6 Å². The number of anilines is 2. The Morgan fingerprint density at radius 3 is 2.17 bits per heavy atom. The van der Waals surface area contributed by atoms with Crippen LogP contribution >= 0.6 is 0 Å². The second-order valence-electron chi connectivity index (χ2n) is 8.77. The number of ether oxygens (including phenoxy) is 1. The number of nitrogens with one attached hydrogen (secondary N) is 2. The second-order valence-corrected chi connectivity index (χ2v) is 8.77. The monoisotopic (exact) mass is 400 g/mol. The van der Waals surface area contributed by atoms with E-state index in [-0.39, 0.29) is 28.2 Å². The largest absolute Gasteiger partial charge is 0.506 e. The zero-order chi connectivity index (χ0) is 22.0. The average molecular weight is 400 g/mol. The molecule has 0 aromatic heterocycles. The Kier molecular flexibility index (Phi) is 6.11. The third-order valence-electron chi connectivity index (χ3n) is 3.97. The number of phenolic OH excluding ortho intramolecular Hbond substituents is 2. The molecule has 0 radical (unpaired) electrons. The Hall–Kier alpha value is -3.22. The second kappa shape index (κ2) is 8.03. The van der Waals surface area contributed by atoms with E-state index in [4.69, 9.17) is 4.74 Å². The van der Waals surface area contributed by atoms with Gasteiger partial charge in [-0.3, -0.25) is 10.1 Å². The van der Waals surface area contributed by atoms with Crippen molar-refractivity contribution in [2.24, 2.45) is 0 Å². The summed E-state index contributed by atoms with van der Waals surface area (Å²) in [5, 5.41) is 25.8. The lowest BCUT2D eigenvalue weighted by Gasteiger charge is -2.22. The standard InChI is InChI=1S/C22H28N2O5/c1-21(2,3)15-10-11-16(25)17(18(15)26)24-19(27)13-8-7-9-14(12-13)23-20(28)29-22(4,5)6/h7-12,25-26H,1-6H3,(H,23,28)(H,24,27). The van der Waals surface area contributed by atoms with Crippen molar-refractivity contribution in [1.29, 1.82) is 0 Å². The number of hydrogen-bond donors (Lipinski definition) is 4. The fourth-order valence-corrected chi connectivity index (χ4v) is 2.65. The summed E-state index contributed by atoms with van der Waals surface area (Å²) in [5.41, 5.74) is 0.113. The van der Waals surface area contributed by atoms with Crippen LogP contribution in [0.15, 0.2) is 36.4 Å². The SMILES string of the molecule is CC(C)(C)OC(=O)Nc1cccc(C(=O)Nc2c(O)ccc(C(C)(C)C)c2O)c1. The van der Waals surface area contributed by atoms with Gasteiger partial charge < -0.3 is 20.3 Å². The van der Waals surface area contributed by atoms with E-state index in [0.29, 0.717) is 11.3 Å². The first-order valence-corrected chi connectivity index (χ1v) is 9.25. The summed E-state index contributed by atoms with van der Waals surface area (Å²) in [7, 11) is 0. The van der Waals surface area contributed by atoms with E-state index >= 15 is 0 Å². The summed E-state index contributed by atoms with van der Waals surface area (Å²) >= 11 is 0. The Morgan fingerprint density at radius 1 is 0.931 bits per heavy atom. The van der Waals surface area contributed by atoms with Crippen LogP contribution in [0.5, 0.6) is 11.5 Å². The molecule has 4 N–H and O–H groups in total. The Balaban J connectivity index is 2.24. The Bertz CT molecular complexity index is 924. The number of benzene rings is 2. The molecule has 2 amide bonds. The maximum Gasteiger partial charge on any atom is 0.412 e. The highest BCUT2D eigenvalue weighted by Gasteiger charge is 2.23. The van der Waals surface area contributed by atoms with Gasteiger partial charge in [-0.2, -0.15) is 0 Å². The van der Waals surface area contributed by atoms with Gasteiger partial charge in [-0.25, -0.2) is 4.79 Å². The molecule has 0 aliphatic heterocycles. The zero-order valence-corrected chi connectivity index (χ0v) is 17.6. The van der Waals surface area contributed by atoms with E-state index in [1.807, 2.05) is 20.8 Å². The molecule has 7 nitrogen and oxygen atoms in total. The highest BCUT2D eigenvalue weighted by atomic mass is 16.6. The first-order valence-electron chi connectivity index (χ1n) is 9.25. The van der Waals surface area contributed by atoms with E-state index in [1.54, 1.807) is 45.0 Å². The van der Waals surface area contributed by atoms with Crippen LogP contribution in [0.4, 0.5) is 16.2 Å². The normalized spacial score (nSPS) is 11.7. The molecule has 0 heterocycles. The van der Waals surface area contributed by atoms with Crippen molar-refractivity contribution in [2.75, 3.05) is 10.6 Å². The zero-order valence-electron chi connectivity index (χ0n) is 17.6. The maximum atomic E-state index is 12.7. The van der Waals surface area contributed by atoms with E-state index in [0.717, 1.165) is 0 Å². The van der Waals surface area contributed by atoms with Gasteiger partial charge in [0, 0.05) is 16.8 Å². The molecule has 156 valence electrons. The predicted molar refractivity (Wildman–Crippen MR) is 113 cm³/mol. The minimum absolute atomic E-state index is 0.0621. The topological polar surface area (TPSA) is 108 Å². The third-order valence-corrected chi connectivity index (χ3v) is 3.97. The van der Waals surface area contributed by atoms with Gasteiger partial charge >= 0.3 is 6.09 Å². The predicted octanol–water partition coefficient (Wildman–Crippen LogP) is 4.99. The van der Waals surface area contributed by atoms with E-state index < -0.39 is 17.6 Å². The molecule has 29 heavy (non-hydrogen) atoms. The van der Waals surface area contributed by atoms with Crippen molar-refractivity contribution in [1.82, 2.24) is 0 Å². The molecule has 0 saturated heterocycles. The number of carbonyl (C=O) groups excluding carboxylic acids is 2. The van der Waals surface area contributed by atoms with Crippen LogP contribution < -0.4 is 10.6 Å². The van der Waals surface area contributed by atoms with Gasteiger partial charge in [0.2, 0.25) is 0 Å². The molecule has 2 rings (SSSR count). The summed E-state index contributed by atoms with van der Waals surface area (Å²) in [6.07, 6.45) is -0.636. The summed E-state index contributed by atoms with van der Waals surface area (Å²) in [6.45, 7) is 11.0. The minimum Gasteiger partial charge on any atom is -0.506 e. The average Bonchev–Trinajstić information content (AvgIpc) is 2.55. The first kappa shape index (κ1) is 22.1. The lowest BCUT2D eigenvalue weighted by atomic mass is 9.86. The van der Waals surface area contributed by atoms with Gasteiger partial charge in [-0.05, 0) is 50.5 Å². The van der Waals surface area contributed by atoms with Crippen molar-refractivity contribution < 1.29 is 24.5 Å². The molecular formula is C22H28N2O5. The molecule has 0 aliphatic carbocycles. The number of carbonyl (C=O) groups is 2. The maximum absolute atomic E-state index is 12.7. The molecule has 0 aliphatic rings. The quantitative estimate of drug-likeness (QED) is 0.543. The minimum atomic E-state index is -0.647. The fourth-order valence-electron chi connectivity index (χ4n) is 2.65. The van der Waals surface area contributed by atoms with Crippen LogP contribution in [-0.2, 0) is 10.2 Å². The van der Waals surface area contributed by atoms with Crippen molar-refractivity contribution >= 4 is 23.4 Å². The number of aromatic hydroxyl groups is 2. The van der Waals surface area contributed by atoms with Crippen LogP contribution in [0, 0.1) is 0 Å². The summed E-state index contributed by atoms with van der Waals surface area (Å²) in [5.74, 6) is -0.977. The molecular weight excluding hydrogens is 372 g/mol. The smallest absolute Gasteiger partial charge is 0.412 e. The Labute approximate surface area is 170 Å². The Morgan fingerprint density at radius 2 is 1.59 bits per heavy atom. The highest BCUT2D eigenvalue weighted by Crippen LogP contribution is 2.41. The lowest BCUT2D eigenvalue weighted by Crippen LogP contribution is -2.27. The lowest BCUT2D eigenvalue weighted by molar-refractivity contribution is 0.0635. The number of rotatable bonds is 3. The van der Waals surface area contributed by atoms with Gasteiger partial charge in [-0.15, -0.1) is 0 Å². The molecule has 0 saturated carbocycles. The van der Waals surface area contributed by atoms with Gasteiger partial charge in [-0.1, -0.05) is 32.9 Å². The summed E-state index contributed by atoms with van der Waals surface area (Å²) in [6, 6.07) is 9.29. The third kappa shape index (κ3) is 5.88. The molecule has 0 fully saturated rings. The first-order chi connectivity index (χ1) is 13.3. The molecule has 0 unspecified atom stereocenters. The van der Waals surface area contributed by atoms with E-state index in [2.05, 4.69) is 10.6 Å². The fraction of sp³-hybridized carbons (Fsp3) is 0.364. The van der Waals surface area contributed by atoms with E-state index in [9.17, 15) is 19.8 Å². The summed E-state index contributed by atoms with van der Waals surface area (Å²) in [4.78, 5) is 24.6. The van der Waals surface area contributed by atoms with Crippen LogP contribution in [-0.4, -0.2) is 27.8 Å².